The van der Waals surface area contributed by atoms with Crippen molar-refractivity contribution in [2.45, 2.75) is 10.3 Å². The first-order valence-electron chi connectivity index (χ1n) is 8.53. The maximum atomic E-state index is 13.0. The Balaban J connectivity index is 1.83. The number of amides is 1. The minimum absolute atomic E-state index is 0.178. The van der Waals surface area contributed by atoms with Crippen LogP contribution in [0.5, 0.6) is 5.75 Å². The Morgan fingerprint density at radius 2 is 1.54 bits per heavy atom. The summed E-state index contributed by atoms with van der Waals surface area (Å²) in [5.41, 5.74) is 0.979. The maximum absolute atomic E-state index is 13.0. The molecule has 0 heterocycles. The van der Waals surface area contributed by atoms with E-state index in [4.69, 9.17) is 16.3 Å². The van der Waals surface area contributed by atoms with Crippen molar-refractivity contribution in [1.29, 1.82) is 0 Å². The fourth-order valence-electron chi connectivity index (χ4n) is 2.50. The number of rotatable bonds is 7. The Kier molecular flexibility index (Phi) is 6.74. The molecule has 0 aliphatic heterocycles. The highest BCUT2D eigenvalue weighted by molar-refractivity contribution is 8.00. The second kappa shape index (κ2) is 9.44. The summed E-state index contributed by atoms with van der Waals surface area (Å²) >= 11 is 7.21. The van der Waals surface area contributed by atoms with Gasteiger partial charge in [-0.3, -0.25) is 9.59 Å². The molecule has 0 saturated carbocycles. The van der Waals surface area contributed by atoms with E-state index < -0.39 is 5.37 Å². The number of hydrogen-bond donors (Lipinski definition) is 1. The largest absolute Gasteiger partial charge is 0.497 e. The molecule has 3 rings (SSSR count). The van der Waals surface area contributed by atoms with Crippen molar-refractivity contribution in [1.82, 2.24) is 5.32 Å². The van der Waals surface area contributed by atoms with Gasteiger partial charge in [-0.2, -0.15) is 0 Å². The van der Waals surface area contributed by atoms with E-state index in [1.807, 2.05) is 18.2 Å². The van der Waals surface area contributed by atoms with Crippen LogP contribution in [-0.4, -0.2) is 24.2 Å². The topological polar surface area (TPSA) is 55.4 Å². The average Bonchev–Trinajstić information content (AvgIpc) is 2.75. The zero-order valence-electron chi connectivity index (χ0n) is 15.1. The summed E-state index contributed by atoms with van der Waals surface area (Å²) < 4.78 is 5.11. The van der Waals surface area contributed by atoms with Gasteiger partial charge in [0.15, 0.2) is 5.78 Å². The van der Waals surface area contributed by atoms with Crippen LogP contribution in [0.25, 0.3) is 0 Å². The van der Waals surface area contributed by atoms with Gasteiger partial charge in [-0.15, -0.1) is 0 Å². The van der Waals surface area contributed by atoms with Crippen molar-refractivity contribution < 1.29 is 14.3 Å². The SMILES string of the molecule is COc1ccc(C(=O)NC(Sc2ccc(Cl)cc2)C(=O)c2ccccc2)cc1. The lowest BCUT2D eigenvalue weighted by Gasteiger charge is -2.18. The van der Waals surface area contributed by atoms with Gasteiger partial charge in [-0.05, 0) is 48.5 Å². The van der Waals surface area contributed by atoms with Crippen LogP contribution in [0.15, 0.2) is 83.8 Å². The number of Topliss-reactive ketones (excluding diaryl/α,β-unsaturated/α-hetero) is 1. The third kappa shape index (κ3) is 5.15. The molecular weight excluding hydrogens is 394 g/mol. The van der Waals surface area contributed by atoms with Crippen LogP contribution in [0.3, 0.4) is 0 Å². The van der Waals surface area contributed by atoms with Crippen molar-refractivity contribution in [2.75, 3.05) is 7.11 Å². The van der Waals surface area contributed by atoms with E-state index in [9.17, 15) is 9.59 Å². The summed E-state index contributed by atoms with van der Waals surface area (Å²) in [5.74, 6) is 0.143. The highest BCUT2D eigenvalue weighted by atomic mass is 35.5. The average molecular weight is 412 g/mol. The molecule has 1 amide bonds. The second-order valence-electron chi connectivity index (χ2n) is 5.88. The predicted octanol–water partition coefficient (Wildman–Crippen LogP) is 5.08. The molecule has 0 aliphatic rings. The number of nitrogens with one attached hydrogen (secondary N) is 1. The molecule has 28 heavy (non-hydrogen) atoms. The van der Waals surface area contributed by atoms with Crippen molar-refractivity contribution in [3.63, 3.8) is 0 Å². The summed E-state index contributed by atoms with van der Waals surface area (Å²) in [6.45, 7) is 0. The van der Waals surface area contributed by atoms with Crippen molar-refractivity contribution >= 4 is 35.1 Å². The van der Waals surface area contributed by atoms with Crippen LogP contribution in [0.1, 0.15) is 20.7 Å². The number of carbonyl (C=O) groups is 2. The number of thioether (sulfide) groups is 1. The molecule has 1 unspecified atom stereocenters. The molecule has 3 aromatic carbocycles. The van der Waals surface area contributed by atoms with Crippen LogP contribution >= 0.6 is 23.4 Å². The Morgan fingerprint density at radius 1 is 0.893 bits per heavy atom. The maximum Gasteiger partial charge on any atom is 0.252 e. The summed E-state index contributed by atoms with van der Waals surface area (Å²) in [6, 6.07) is 22.8. The van der Waals surface area contributed by atoms with Crippen LogP contribution in [-0.2, 0) is 0 Å². The van der Waals surface area contributed by atoms with Gasteiger partial charge in [0.05, 0.1) is 7.11 Å². The van der Waals surface area contributed by atoms with Gasteiger partial charge in [0, 0.05) is 21.0 Å². The Labute approximate surface area is 172 Å². The van der Waals surface area contributed by atoms with Crippen molar-refractivity contribution in [3.8, 4) is 5.75 Å². The van der Waals surface area contributed by atoms with Gasteiger partial charge in [0.1, 0.15) is 11.1 Å². The number of ketones is 1. The first-order valence-corrected chi connectivity index (χ1v) is 9.79. The molecule has 0 fully saturated rings. The zero-order chi connectivity index (χ0) is 19.9. The Bertz CT molecular complexity index is 944. The summed E-state index contributed by atoms with van der Waals surface area (Å²) in [5, 5.41) is 2.66. The molecule has 0 aliphatic carbocycles. The number of hydrogen-bond acceptors (Lipinski definition) is 4. The van der Waals surface area contributed by atoms with Crippen LogP contribution in [0, 0.1) is 0 Å². The molecule has 0 aromatic heterocycles. The van der Waals surface area contributed by atoms with Crippen LogP contribution < -0.4 is 10.1 Å². The first-order chi connectivity index (χ1) is 13.6. The van der Waals surface area contributed by atoms with Gasteiger partial charge in [-0.1, -0.05) is 53.7 Å². The standard InChI is InChI=1S/C22H18ClNO3S/c1-27-18-11-7-16(8-12-18)21(26)24-22(20(25)15-5-3-2-4-6-15)28-19-13-9-17(23)10-14-19/h2-14,22H,1H3,(H,24,26). The number of halogens is 1. The quantitative estimate of drug-likeness (QED) is 0.334. The van der Waals surface area contributed by atoms with Gasteiger partial charge >= 0.3 is 0 Å². The molecular formula is C22H18ClNO3S. The lowest BCUT2D eigenvalue weighted by atomic mass is 10.1. The van der Waals surface area contributed by atoms with Crippen molar-refractivity contribution in [3.05, 3.63) is 95.0 Å². The highest BCUT2D eigenvalue weighted by Crippen LogP contribution is 2.26. The molecule has 0 radical (unpaired) electrons. The summed E-state index contributed by atoms with van der Waals surface area (Å²) in [7, 11) is 1.56. The van der Waals surface area contributed by atoms with E-state index in [1.165, 1.54) is 11.8 Å². The minimum atomic E-state index is -0.779. The third-order valence-electron chi connectivity index (χ3n) is 3.98. The molecule has 4 nitrogen and oxygen atoms in total. The monoisotopic (exact) mass is 411 g/mol. The smallest absolute Gasteiger partial charge is 0.252 e. The Morgan fingerprint density at radius 3 is 2.14 bits per heavy atom. The van der Waals surface area contributed by atoms with Gasteiger partial charge in [-0.25, -0.2) is 0 Å². The van der Waals surface area contributed by atoms with E-state index in [2.05, 4.69) is 5.32 Å². The normalized spacial score (nSPS) is 11.5. The Hall–Kier alpha value is -2.76. The van der Waals surface area contributed by atoms with Gasteiger partial charge in [0.2, 0.25) is 0 Å². The molecule has 142 valence electrons. The van der Waals surface area contributed by atoms with Gasteiger partial charge < -0.3 is 10.1 Å². The highest BCUT2D eigenvalue weighted by Gasteiger charge is 2.24. The van der Waals surface area contributed by atoms with E-state index >= 15 is 0 Å². The number of methoxy groups -OCH3 is 1. The lowest BCUT2D eigenvalue weighted by molar-refractivity contribution is 0.0892. The zero-order valence-corrected chi connectivity index (χ0v) is 16.7. The second-order valence-corrected chi connectivity index (χ2v) is 7.50. The molecule has 0 bridgehead atoms. The number of ether oxygens (including phenoxy) is 1. The molecule has 1 N–H and O–H groups in total. The molecule has 0 saturated heterocycles. The predicted molar refractivity (Wildman–Crippen MR) is 112 cm³/mol. The molecule has 6 heteroatoms. The van der Waals surface area contributed by atoms with Gasteiger partial charge in [0.25, 0.3) is 5.91 Å². The van der Waals surface area contributed by atoms with E-state index in [-0.39, 0.29) is 11.7 Å². The van der Waals surface area contributed by atoms with Crippen molar-refractivity contribution in [2.24, 2.45) is 0 Å². The van der Waals surface area contributed by atoms with E-state index in [0.29, 0.717) is 21.9 Å². The van der Waals surface area contributed by atoms with Crippen LogP contribution in [0.4, 0.5) is 0 Å². The summed E-state index contributed by atoms with van der Waals surface area (Å²) in [6.07, 6.45) is 0. The van der Waals surface area contributed by atoms with E-state index in [1.54, 1.807) is 67.8 Å². The molecule has 0 spiro atoms. The van der Waals surface area contributed by atoms with E-state index in [0.717, 1.165) is 4.90 Å². The fourth-order valence-corrected chi connectivity index (χ4v) is 3.60. The first kappa shape index (κ1) is 20.0. The third-order valence-corrected chi connectivity index (χ3v) is 5.34. The minimum Gasteiger partial charge on any atom is -0.497 e. The summed E-state index contributed by atoms with van der Waals surface area (Å²) in [4.78, 5) is 26.5. The number of carbonyl (C=O) groups excluding carboxylic acids is 2. The lowest BCUT2D eigenvalue weighted by Crippen LogP contribution is -2.38. The fraction of sp³-hybridized carbons (Fsp3) is 0.0909. The molecule has 1 atom stereocenters. The molecule has 3 aromatic rings. The van der Waals surface area contributed by atoms with Crippen LogP contribution in [0.2, 0.25) is 5.02 Å². The number of benzene rings is 3.